The first-order chi connectivity index (χ1) is 7.86. The Morgan fingerprint density at radius 2 is 2.00 bits per heavy atom. The standard InChI is InChI=1S/C14H13NO/c16-14-10-11-6-4-5-9-13(11)15(14)12-7-2-1-3-8-12/h1-5,7-9,11H,6,10H2. The van der Waals surface area contributed by atoms with E-state index in [0.29, 0.717) is 12.3 Å². The van der Waals surface area contributed by atoms with Crippen LogP contribution < -0.4 is 4.90 Å². The number of fused-ring (bicyclic) bond motifs is 1. The Hall–Kier alpha value is -1.83. The Kier molecular flexibility index (Phi) is 2.13. The summed E-state index contributed by atoms with van der Waals surface area (Å²) < 4.78 is 0. The smallest absolute Gasteiger partial charge is 0.231 e. The van der Waals surface area contributed by atoms with Gasteiger partial charge in [-0.25, -0.2) is 0 Å². The van der Waals surface area contributed by atoms with Crippen molar-refractivity contribution in [1.82, 2.24) is 0 Å². The van der Waals surface area contributed by atoms with Crippen LogP contribution in [0.2, 0.25) is 0 Å². The average molecular weight is 211 g/mol. The molecule has 1 amide bonds. The summed E-state index contributed by atoms with van der Waals surface area (Å²) in [5.41, 5.74) is 2.13. The molecular weight excluding hydrogens is 198 g/mol. The van der Waals surface area contributed by atoms with E-state index in [-0.39, 0.29) is 5.91 Å². The number of anilines is 1. The van der Waals surface area contributed by atoms with Gasteiger partial charge in [0.2, 0.25) is 5.91 Å². The van der Waals surface area contributed by atoms with Gasteiger partial charge in [-0.3, -0.25) is 9.69 Å². The number of amides is 1. The maximum Gasteiger partial charge on any atom is 0.231 e. The van der Waals surface area contributed by atoms with Gasteiger partial charge in [0, 0.05) is 23.7 Å². The first-order valence-corrected chi connectivity index (χ1v) is 5.61. The van der Waals surface area contributed by atoms with E-state index in [0.717, 1.165) is 17.8 Å². The summed E-state index contributed by atoms with van der Waals surface area (Å²) in [6.07, 6.45) is 7.87. The predicted molar refractivity (Wildman–Crippen MR) is 63.9 cm³/mol. The SMILES string of the molecule is O=C1CC2CC=CC=C2N1c1ccccc1. The zero-order valence-electron chi connectivity index (χ0n) is 8.97. The zero-order valence-corrected chi connectivity index (χ0v) is 8.97. The third-order valence-corrected chi connectivity index (χ3v) is 3.18. The molecular formula is C14H13NO. The second kappa shape index (κ2) is 3.63. The maximum atomic E-state index is 12.0. The van der Waals surface area contributed by atoms with E-state index in [1.165, 1.54) is 0 Å². The predicted octanol–water partition coefficient (Wildman–Crippen LogP) is 2.88. The van der Waals surface area contributed by atoms with Gasteiger partial charge >= 0.3 is 0 Å². The molecule has 3 rings (SSSR count). The topological polar surface area (TPSA) is 20.3 Å². The molecule has 0 N–H and O–H groups in total. The maximum absolute atomic E-state index is 12.0. The van der Waals surface area contributed by atoms with Gasteiger partial charge in [0.25, 0.3) is 0 Å². The number of benzene rings is 1. The lowest BCUT2D eigenvalue weighted by atomic mass is 9.97. The second-order valence-corrected chi connectivity index (χ2v) is 4.22. The molecule has 0 spiro atoms. The minimum atomic E-state index is 0.214. The van der Waals surface area contributed by atoms with Crippen molar-refractivity contribution in [2.75, 3.05) is 4.90 Å². The molecule has 1 aromatic carbocycles. The summed E-state index contributed by atoms with van der Waals surface area (Å²) in [4.78, 5) is 13.9. The van der Waals surface area contributed by atoms with Crippen molar-refractivity contribution in [1.29, 1.82) is 0 Å². The summed E-state index contributed by atoms with van der Waals surface area (Å²) in [7, 11) is 0. The van der Waals surface area contributed by atoms with Crippen molar-refractivity contribution in [2.45, 2.75) is 12.8 Å². The zero-order chi connectivity index (χ0) is 11.0. The first kappa shape index (κ1) is 9.40. The fourth-order valence-electron chi connectivity index (χ4n) is 2.43. The number of hydrogen-bond acceptors (Lipinski definition) is 1. The molecule has 0 saturated carbocycles. The second-order valence-electron chi connectivity index (χ2n) is 4.22. The molecule has 2 nitrogen and oxygen atoms in total. The van der Waals surface area contributed by atoms with E-state index < -0.39 is 0 Å². The molecule has 1 heterocycles. The molecule has 16 heavy (non-hydrogen) atoms. The fraction of sp³-hybridized carbons (Fsp3) is 0.214. The normalized spacial score (nSPS) is 23.2. The molecule has 1 fully saturated rings. The van der Waals surface area contributed by atoms with Gasteiger partial charge in [-0.15, -0.1) is 0 Å². The molecule has 1 unspecified atom stereocenters. The Morgan fingerprint density at radius 1 is 1.19 bits per heavy atom. The number of carbonyl (C=O) groups excluding carboxylic acids is 1. The van der Waals surface area contributed by atoms with Crippen LogP contribution in [-0.2, 0) is 4.79 Å². The van der Waals surface area contributed by atoms with Crippen molar-refractivity contribution in [2.24, 2.45) is 5.92 Å². The Labute approximate surface area is 94.9 Å². The third-order valence-electron chi connectivity index (χ3n) is 3.18. The summed E-state index contributed by atoms with van der Waals surface area (Å²) in [5, 5.41) is 0. The Balaban J connectivity index is 2.03. The number of para-hydroxylation sites is 1. The monoisotopic (exact) mass is 211 g/mol. The lowest BCUT2D eigenvalue weighted by Crippen LogP contribution is -2.23. The molecule has 1 aromatic rings. The molecule has 1 aliphatic carbocycles. The minimum Gasteiger partial charge on any atom is -0.285 e. The van der Waals surface area contributed by atoms with Gasteiger partial charge < -0.3 is 0 Å². The molecule has 1 saturated heterocycles. The molecule has 1 atom stereocenters. The molecule has 1 aliphatic heterocycles. The summed E-state index contributed by atoms with van der Waals surface area (Å²) in [6.45, 7) is 0. The Bertz CT molecular complexity index is 473. The molecule has 80 valence electrons. The summed E-state index contributed by atoms with van der Waals surface area (Å²) >= 11 is 0. The van der Waals surface area contributed by atoms with Crippen molar-refractivity contribution in [3.05, 3.63) is 54.3 Å². The fourth-order valence-corrected chi connectivity index (χ4v) is 2.43. The molecule has 2 heteroatoms. The highest BCUT2D eigenvalue weighted by molar-refractivity contribution is 6.00. The van der Waals surface area contributed by atoms with Crippen molar-refractivity contribution in [3.63, 3.8) is 0 Å². The third kappa shape index (κ3) is 1.38. The number of hydrogen-bond donors (Lipinski definition) is 0. The van der Waals surface area contributed by atoms with Crippen LogP contribution in [0.15, 0.2) is 54.3 Å². The van der Waals surface area contributed by atoms with E-state index >= 15 is 0 Å². The van der Waals surface area contributed by atoms with E-state index in [2.05, 4.69) is 12.2 Å². The van der Waals surface area contributed by atoms with Crippen LogP contribution in [0, 0.1) is 5.92 Å². The van der Waals surface area contributed by atoms with Gasteiger partial charge in [0.05, 0.1) is 0 Å². The van der Waals surface area contributed by atoms with Crippen LogP contribution in [0.4, 0.5) is 5.69 Å². The molecule has 0 aromatic heterocycles. The average Bonchev–Trinajstić information content (AvgIpc) is 2.66. The lowest BCUT2D eigenvalue weighted by molar-refractivity contribution is -0.117. The van der Waals surface area contributed by atoms with Crippen LogP contribution in [-0.4, -0.2) is 5.91 Å². The highest BCUT2D eigenvalue weighted by atomic mass is 16.2. The van der Waals surface area contributed by atoms with Gasteiger partial charge in [-0.2, -0.15) is 0 Å². The van der Waals surface area contributed by atoms with Crippen molar-refractivity contribution >= 4 is 11.6 Å². The van der Waals surface area contributed by atoms with Crippen LogP contribution in [0.25, 0.3) is 0 Å². The summed E-state index contributed by atoms with van der Waals surface area (Å²) in [6, 6.07) is 9.87. The van der Waals surface area contributed by atoms with Crippen LogP contribution in [0.1, 0.15) is 12.8 Å². The number of carbonyl (C=O) groups is 1. The number of rotatable bonds is 1. The van der Waals surface area contributed by atoms with Gasteiger partial charge in [-0.05, 0) is 24.6 Å². The summed E-state index contributed by atoms with van der Waals surface area (Å²) in [5.74, 6) is 0.601. The Morgan fingerprint density at radius 3 is 2.81 bits per heavy atom. The highest BCUT2D eigenvalue weighted by Crippen LogP contribution is 2.37. The van der Waals surface area contributed by atoms with Crippen LogP contribution in [0.5, 0.6) is 0 Å². The van der Waals surface area contributed by atoms with E-state index in [4.69, 9.17) is 0 Å². The minimum absolute atomic E-state index is 0.214. The van der Waals surface area contributed by atoms with Crippen molar-refractivity contribution in [3.8, 4) is 0 Å². The van der Waals surface area contributed by atoms with Crippen molar-refractivity contribution < 1.29 is 4.79 Å². The van der Waals surface area contributed by atoms with E-state index in [9.17, 15) is 4.79 Å². The quantitative estimate of drug-likeness (QED) is 0.699. The van der Waals surface area contributed by atoms with Crippen LogP contribution >= 0.6 is 0 Å². The molecule has 2 aliphatic rings. The van der Waals surface area contributed by atoms with Gasteiger partial charge in [0.15, 0.2) is 0 Å². The first-order valence-electron chi connectivity index (χ1n) is 5.61. The van der Waals surface area contributed by atoms with E-state index in [1.807, 2.05) is 41.3 Å². The van der Waals surface area contributed by atoms with Gasteiger partial charge in [-0.1, -0.05) is 30.4 Å². The number of allylic oxidation sites excluding steroid dienone is 4. The lowest BCUT2D eigenvalue weighted by Gasteiger charge is -2.21. The largest absolute Gasteiger partial charge is 0.285 e. The molecule has 0 bridgehead atoms. The highest BCUT2D eigenvalue weighted by Gasteiger charge is 2.35. The number of nitrogens with zero attached hydrogens (tertiary/aromatic N) is 1. The van der Waals surface area contributed by atoms with E-state index in [1.54, 1.807) is 0 Å². The molecule has 0 radical (unpaired) electrons. The van der Waals surface area contributed by atoms with Gasteiger partial charge in [0.1, 0.15) is 0 Å². The van der Waals surface area contributed by atoms with Crippen LogP contribution in [0.3, 0.4) is 0 Å².